The highest BCUT2D eigenvalue weighted by Crippen LogP contribution is 2.14. The van der Waals surface area contributed by atoms with Crippen LogP contribution in [0.4, 0.5) is 13.2 Å². The van der Waals surface area contributed by atoms with Crippen LogP contribution < -0.4 is 5.32 Å². The summed E-state index contributed by atoms with van der Waals surface area (Å²) in [5.41, 5.74) is 1.18. The summed E-state index contributed by atoms with van der Waals surface area (Å²) in [6, 6.07) is 9.58. The van der Waals surface area contributed by atoms with Crippen LogP contribution in [0, 0.1) is 0 Å². The largest absolute Gasteiger partial charge is 0.411 e. The van der Waals surface area contributed by atoms with Crippen LogP contribution in [-0.2, 0) is 11.3 Å². The molecule has 1 N–H and O–H groups in total. The minimum absolute atomic E-state index is 0.0828. The Balaban J connectivity index is 1.70. The van der Waals surface area contributed by atoms with E-state index in [1.807, 2.05) is 30.3 Å². The monoisotopic (exact) mass is 342 g/mol. The van der Waals surface area contributed by atoms with Gasteiger partial charge in [0, 0.05) is 13.2 Å². The highest BCUT2D eigenvalue weighted by molar-refractivity contribution is 5.91. The quantitative estimate of drug-likeness (QED) is 0.745. The molecule has 1 amide bonds. The van der Waals surface area contributed by atoms with E-state index in [4.69, 9.17) is 0 Å². The number of carbonyl (C=O) groups excluding carboxylic acids is 1. The molecule has 2 aromatic rings. The number of hydrogen-bond donors (Lipinski definition) is 1. The summed E-state index contributed by atoms with van der Waals surface area (Å²) in [6.07, 6.45) is -2.54. The van der Waals surface area contributed by atoms with E-state index >= 15 is 0 Å². The molecule has 130 valence electrons. The number of nitrogens with one attached hydrogen (secondary N) is 1. The summed E-state index contributed by atoms with van der Waals surface area (Å²) < 4.78 is 41.6. The Hall–Kier alpha value is -2.42. The Labute approximate surface area is 136 Å². The Kier molecular flexibility index (Phi) is 6.30. The van der Waals surface area contributed by atoms with Gasteiger partial charge in [0.05, 0.1) is 12.7 Å². The first kappa shape index (κ1) is 17.9. The van der Waals surface area contributed by atoms with Crippen LogP contribution >= 0.6 is 0 Å². The van der Waals surface area contributed by atoms with E-state index in [0.717, 1.165) is 5.56 Å². The zero-order chi connectivity index (χ0) is 17.4. The fraction of sp³-hybridized carbons (Fsp3) is 0.400. The second-order valence-corrected chi connectivity index (χ2v) is 5.06. The summed E-state index contributed by atoms with van der Waals surface area (Å²) in [6.45, 7) is -0.677. The molecule has 0 unspecified atom stereocenters. The van der Waals surface area contributed by atoms with Crippen LogP contribution in [0.5, 0.6) is 0 Å². The van der Waals surface area contributed by atoms with Crippen molar-refractivity contribution in [1.82, 2.24) is 20.3 Å². The number of carbonyl (C=O) groups is 1. The average molecular weight is 342 g/mol. The number of ether oxygens (including phenoxy) is 1. The third kappa shape index (κ3) is 6.37. The van der Waals surface area contributed by atoms with E-state index in [1.54, 1.807) is 0 Å². The van der Waals surface area contributed by atoms with Crippen molar-refractivity contribution < 1.29 is 22.7 Å². The molecule has 0 aliphatic carbocycles. The van der Waals surface area contributed by atoms with Crippen LogP contribution in [0.15, 0.2) is 36.5 Å². The number of rotatable bonds is 8. The number of alkyl halides is 3. The number of hydrogen-bond acceptors (Lipinski definition) is 4. The molecule has 24 heavy (non-hydrogen) atoms. The van der Waals surface area contributed by atoms with Crippen molar-refractivity contribution >= 4 is 5.91 Å². The first-order valence-electron chi connectivity index (χ1n) is 7.31. The number of aromatic nitrogens is 3. The summed E-state index contributed by atoms with van der Waals surface area (Å²) >= 11 is 0. The van der Waals surface area contributed by atoms with E-state index in [2.05, 4.69) is 20.4 Å². The third-order valence-electron chi connectivity index (χ3n) is 2.98. The van der Waals surface area contributed by atoms with Crippen LogP contribution in [0.25, 0.3) is 0 Å². The summed E-state index contributed by atoms with van der Waals surface area (Å²) in [5, 5.41) is 10.2. The maximum Gasteiger partial charge on any atom is 0.411 e. The topological polar surface area (TPSA) is 69.0 Å². The molecule has 0 radical (unpaired) electrons. The highest BCUT2D eigenvalue weighted by Gasteiger charge is 2.27. The van der Waals surface area contributed by atoms with Gasteiger partial charge in [0.2, 0.25) is 0 Å². The molecule has 0 spiro atoms. The molecule has 9 heteroatoms. The molecule has 2 rings (SSSR count). The Bertz CT molecular complexity index is 644. The lowest BCUT2D eigenvalue weighted by Crippen LogP contribution is -2.26. The van der Waals surface area contributed by atoms with E-state index in [0.29, 0.717) is 6.54 Å². The van der Waals surface area contributed by atoms with Gasteiger partial charge in [0.1, 0.15) is 6.61 Å². The third-order valence-corrected chi connectivity index (χ3v) is 2.98. The molecule has 0 fully saturated rings. The molecule has 0 aliphatic rings. The van der Waals surface area contributed by atoms with Crippen molar-refractivity contribution in [2.24, 2.45) is 0 Å². The smallest absolute Gasteiger partial charge is 0.372 e. The maximum atomic E-state index is 11.9. The van der Waals surface area contributed by atoms with Gasteiger partial charge in [0.25, 0.3) is 5.91 Å². The molecular weight excluding hydrogens is 325 g/mol. The molecule has 0 aliphatic heterocycles. The van der Waals surface area contributed by atoms with E-state index in [1.165, 1.54) is 10.9 Å². The Morgan fingerprint density at radius 1 is 1.25 bits per heavy atom. The molecule has 0 saturated heterocycles. The van der Waals surface area contributed by atoms with Gasteiger partial charge in [-0.05, 0) is 12.0 Å². The zero-order valence-electron chi connectivity index (χ0n) is 12.8. The normalized spacial score (nSPS) is 11.5. The lowest BCUT2D eigenvalue weighted by molar-refractivity contribution is -0.173. The highest BCUT2D eigenvalue weighted by atomic mass is 19.4. The molecule has 1 aromatic heterocycles. The van der Waals surface area contributed by atoms with Crippen LogP contribution in [0.2, 0.25) is 0 Å². The molecule has 6 nitrogen and oxygen atoms in total. The molecule has 1 heterocycles. The molecule has 0 saturated carbocycles. The fourth-order valence-corrected chi connectivity index (χ4v) is 1.90. The predicted molar refractivity (Wildman–Crippen MR) is 79.4 cm³/mol. The standard InChI is InChI=1S/C15H17F3N4O2/c16-15(17,18)11-24-8-4-7-19-14(23)13-10-22(21-20-13)9-12-5-2-1-3-6-12/h1-3,5-6,10H,4,7-9,11H2,(H,19,23). The SMILES string of the molecule is O=C(NCCCOCC(F)(F)F)c1cn(Cc2ccccc2)nn1. The number of benzene rings is 1. The second kappa shape index (κ2) is 8.44. The maximum absolute atomic E-state index is 11.9. The lowest BCUT2D eigenvalue weighted by atomic mass is 10.2. The summed E-state index contributed by atoms with van der Waals surface area (Å²) in [4.78, 5) is 11.9. The second-order valence-electron chi connectivity index (χ2n) is 5.06. The van der Waals surface area contributed by atoms with Crippen LogP contribution in [-0.4, -0.2) is 46.8 Å². The van der Waals surface area contributed by atoms with Gasteiger partial charge < -0.3 is 10.1 Å². The molecular formula is C15H17F3N4O2. The molecule has 0 atom stereocenters. The zero-order valence-corrected chi connectivity index (χ0v) is 12.8. The first-order chi connectivity index (χ1) is 11.4. The van der Waals surface area contributed by atoms with Crippen molar-refractivity contribution in [2.75, 3.05) is 19.8 Å². The van der Waals surface area contributed by atoms with Crippen molar-refractivity contribution in [1.29, 1.82) is 0 Å². The van der Waals surface area contributed by atoms with Gasteiger partial charge >= 0.3 is 6.18 Å². The van der Waals surface area contributed by atoms with Crippen LogP contribution in [0.1, 0.15) is 22.5 Å². The number of amides is 1. The van der Waals surface area contributed by atoms with E-state index < -0.39 is 18.7 Å². The summed E-state index contributed by atoms with van der Waals surface area (Å²) in [7, 11) is 0. The lowest BCUT2D eigenvalue weighted by Gasteiger charge is -2.07. The molecule has 0 bridgehead atoms. The van der Waals surface area contributed by atoms with Crippen molar-refractivity contribution in [2.45, 2.75) is 19.1 Å². The summed E-state index contributed by atoms with van der Waals surface area (Å²) in [5.74, 6) is -0.426. The van der Waals surface area contributed by atoms with Gasteiger partial charge in [-0.3, -0.25) is 4.79 Å². The van der Waals surface area contributed by atoms with E-state index in [9.17, 15) is 18.0 Å². The minimum Gasteiger partial charge on any atom is -0.372 e. The molecule has 1 aromatic carbocycles. The van der Waals surface area contributed by atoms with Gasteiger partial charge in [-0.25, -0.2) is 4.68 Å². The number of halogens is 3. The Morgan fingerprint density at radius 2 is 2.00 bits per heavy atom. The minimum atomic E-state index is -4.33. The first-order valence-corrected chi connectivity index (χ1v) is 7.31. The van der Waals surface area contributed by atoms with Crippen molar-refractivity contribution in [3.63, 3.8) is 0 Å². The van der Waals surface area contributed by atoms with Crippen LogP contribution in [0.3, 0.4) is 0 Å². The van der Waals surface area contributed by atoms with Gasteiger partial charge in [0.15, 0.2) is 5.69 Å². The average Bonchev–Trinajstić information content (AvgIpc) is 2.99. The number of nitrogens with zero attached hydrogens (tertiary/aromatic N) is 3. The van der Waals surface area contributed by atoms with Crippen molar-refractivity contribution in [3.05, 3.63) is 47.8 Å². The van der Waals surface area contributed by atoms with E-state index in [-0.39, 0.29) is 25.3 Å². The predicted octanol–water partition coefficient (Wildman–Crippen LogP) is 2.03. The van der Waals surface area contributed by atoms with Gasteiger partial charge in [-0.1, -0.05) is 35.5 Å². The Morgan fingerprint density at radius 3 is 2.71 bits per heavy atom. The van der Waals surface area contributed by atoms with Crippen molar-refractivity contribution in [3.8, 4) is 0 Å². The van der Waals surface area contributed by atoms with Gasteiger partial charge in [-0.2, -0.15) is 13.2 Å². The van der Waals surface area contributed by atoms with Gasteiger partial charge in [-0.15, -0.1) is 5.10 Å². The fourth-order valence-electron chi connectivity index (χ4n) is 1.90.